The molecule has 24 atom stereocenters. The summed E-state index contributed by atoms with van der Waals surface area (Å²) in [5, 5.41) is 114. The first-order valence-corrected chi connectivity index (χ1v) is 17.3. The van der Waals surface area contributed by atoms with Gasteiger partial charge in [0.1, 0.15) is 91.6 Å². The van der Waals surface area contributed by atoms with E-state index in [2.05, 4.69) is 0 Å². The third kappa shape index (κ3) is 8.66. The molecule has 4 heterocycles. The topological polar surface area (TPSA) is 426 Å². The molecular formula is C29H55N5O19. The molecule has 24 nitrogen and oxygen atoms in total. The van der Waals surface area contributed by atoms with Crippen molar-refractivity contribution in [2.45, 2.75) is 153 Å². The van der Waals surface area contributed by atoms with Gasteiger partial charge in [-0.1, -0.05) is 0 Å². The SMILES string of the molecule is NC[C@@H]1O[C@H](O[C@H]2[C@@H](O)[C@H](O[C@@H]3[C@@H](O)[C@H](N)C[C@H](N)[C@H]3O[C@H]3O[C@H](CO)[C@@H](O)[C@H](O)[C@H]3N)O[C@@H]2CO)[C@H](N)[C@@H](O)[C@@H]1O[C@H]1O[C@H](CO)[C@@H](O)[C@H](O)[C@@H]1O. The summed E-state index contributed by atoms with van der Waals surface area (Å²) in [7, 11) is 0. The van der Waals surface area contributed by atoms with Gasteiger partial charge in [-0.05, 0) is 6.42 Å². The van der Waals surface area contributed by atoms with E-state index < -0.39 is 167 Å². The van der Waals surface area contributed by atoms with Crippen LogP contribution in [0.2, 0.25) is 0 Å². The Morgan fingerprint density at radius 3 is 1.43 bits per heavy atom. The minimum absolute atomic E-state index is 0.0178. The Kier molecular flexibility index (Phi) is 14.7. The zero-order valence-corrected chi connectivity index (χ0v) is 28.5. The molecule has 310 valence electrons. The second-order valence-corrected chi connectivity index (χ2v) is 14.0. The highest BCUT2D eigenvalue weighted by molar-refractivity contribution is 5.02. The first kappa shape index (κ1) is 43.2. The zero-order valence-electron chi connectivity index (χ0n) is 28.5. The van der Waals surface area contributed by atoms with Crippen molar-refractivity contribution in [2.24, 2.45) is 28.7 Å². The van der Waals surface area contributed by atoms with Crippen LogP contribution in [0.25, 0.3) is 0 Å². The van der Waals surface area contributed by atoms with Gasteiger partial charge in [0.15, 0.2) is 25.2 Å². The van der Waals surface area contributed by atoms with Gasteiger partial charge in [0.25, 0.3) is 0 Å². The molecule has 21 N–H and O–H groups in total. The van der Waals surface area contributed by atoms with Crippen molar-refractivity contribution < 1.29 is 94.1 Å². The number of rotatable bonds is 12. The average Bonchev–Trinajstić information content (AvgIpc) is 3.44. The van der Waals surface area contributed by atoms with E-state index in [4.69, 9.17) is 66.6 Å². The summed E-state index contributed by atoms with van der Waals surface area (Å²) in [4.78, 5) is 0. The van der Waals surface area contributed by atoms with E-state index in [1.54, 1.807) is 0 Å². The highest BCUT2D eigenvalue weighted by Gasteiger charge is 2.55. The predicted octanol–water partition coefficient (Wildman–Crippen LogP) is -11.0. The molecule has 1 aliphatic carbocycles. The van der Waals surface area contributed by atoms with Crippen LogP contribution in [0, 0.1) is 0 Å². The molecular weight excluding hydrogens is 722 g/mol. The van der Waals surface area contributed by atoms with Crippen LogP contribution in [0.5, 0.6) is 0 Å². The Hall–Kier alpha value is -0.960. The lowest BCUT2D eigenvalue weighted by Gasteiger charge is -2.47. The minimum Gasteiger partial charge on any atom is -0.394 e. The van der Waals surface area contributed by atoms with Gasteiger partial charge in [0, 0.05) is 18.6 Å². The molecule has 4 aliphatic heterocycles. The van der Waals surface area contributed by atoms with Crippen LogP contribution in [0.4, 0.5) is 0 Å². The molecule has 5 rings (SSSR count). The van der Waals surface area contributed by atoms with Crippen LogP contribution in [-0.2, 0) is 37.9 Å². The van der Waals surface area contributed by atoms with Crippen LogP contribution >= 0.6 is 0 Å². The van der Waals surface area contributed by atoms with Gasteiger partial charge < -0.3 is 123 Å². The van der Waals surface area contributed by atoms with Crippen molar-refractivity contribution in [3.63, 3.8) is 0 Å². The molecule has 0 aromatic carbocycles. The molecule has 0 radical (unpaired) electrons. The largest absolute Gasteiger partial charge is 0.394 e. The second-order valence-electron chi connectivity index (χ2n) is 14.0. The smallest absolute Gasteiger partial charge is 0.187 e. The van der Waals surface area contributed by atoms with Crippen LogP contribution in [-0.4, -0.2) is 230 Å². The van der Waals surface area contributed by atoms with E-state index in [1.807, 2.05) is 0 Å². The number of nitrogens with two attached hydrogens (primary N) is 5. The van der Waals surface area contributed by atoms with Crippen molar-refractivity contribution >= 4 is 0 Å². The Labute approximate surface area is 302 Å². The zero-order chi connectivity index (χ0) is 39.0. The number of hydrogen-bond acceptors (Lipinski definition) is 24. The summed E-state index contributed by atoms with van der Waals surface area (Å²) in [6.45, 7) is -2.49. The summed E-state index contributed by atoms with van der Waals surface area (Å²) >= 11 is 0. The monoisotopic (exact) mass is 777 g/mol. The molecule has 0 unspecified atom stereocenters. The number of aliphatic hydroxyl groups is 11. The highest BCUT2D eigenvalue weighted by Crippen LogP contribution is 2.35. The van der Waals surface area contributed by atoms with E-state index >= 15 is 0 Å². The molecule has 0 amide bonds. The third-order valence-corrected chi connectivity index (χ3v) is 10.4. The van der Waals surface area contributed by atoms with Crippen LogP contribution in [0.15, 0.2) is 0 Å². The van der Waals surface area contributed by atoms with Crippen molar-refractivity contribution in [1.29, 1.82) is 0 Å². The Morgan fingerprint density at radius 2 is 0.849 bits per heavy atom. The third-order valence-electron chi connectivity index (χ3n) is 10.4. The fraction of sp³-hybridized carbons (Fsp3) is 1.00. The van der Waals surface area contributed by atoms with Gasteiger partial charge >= 0.3 is 0 Å². The molecule has 5 aliphatic rings. The fourth-order valence-electron chi connectivity index (χ4n) is 7.18. The molecule has 4 saturated heterocycles. The van der Waals surface area contributed by atoms with Crippen LogP contribution < -0.4 is 28.7 Å². The van der Waals surface area contributed by atoms with E-state index in [-0.39, 0.29) is 13.0 Å². The molecule has 1 saturated carbocycles. The molecule has 0 aromatic heterocycles. The Bertz CT molecular complexity index is 1150. The van der Waals surface area contributed by atoms with E-state index in [0.29, 0.717) is 0 Å². The summed E-state index contributed by atoms with van der Waals surface area (Å²) in [5.41, 5.74) is 30.6. The van der Waals surface area contributed by atoms with Crippen molar-refractivity contribution in [1.82, 2.24) is 0 Å². The number of ether oxygens (including phenoxy) is 8. The minimum atomic E-state index is -1.81. The molecule has 0 spiro atoms. The van der Waals surface area contributed by atoms with Gasteiger partial charge in [0.05, 0.1) is 38.0 Å². The average molecular weight is 778 g/mol. The summed E-state index contributed by atoms with van der Waals surface area (Å²) in [6, 6.07) is -4.65. The highest BCUT2D eigenvalue weighted by atomic mass is 16.8. The summed E-state index contributed by atoms with van der Waals surface area (Å²) in [6.07, 6.45) is -30.1. The molecule has 5 fully saturated rings. The lowest BCUT2D eigenvalue weighted by atomic mass is 9.84. The first-order valence-electron chi connectivity index (χ1n) is 17.3. The maximum Gasteiger partial charge on any atom is 0.187 e. The van der Waals surface area contributed by atoms with E-state index in [0.717, 1.165) is 0 Å². The van der Waals surface area contributed by atoms with Gasteiger partial charge in [-0.3, -0.25) is 0 Å². The van der Waals surface area contributed by atoms with Crippen molar-refractivity contribution in [2.75, 3.05) is 26.4 Å². The quantitative estimate of drug-likeness (QED) is 0.0874. The van der Waals surface area contributed by atoms with Gasteiger partial charge in [-0.2, -0.15) is 0 Å². The van der Waals surface area contributed by atoms with Crippen LogP contribution in [0.1, 0.15) is 6.42 Å². The number of hydrogen-bond donors (Lipinski definition) is 16. The van der Waals surface area contributed by atoms with E-state index in [1.165, 1.54) is 0 Å². The first-order chi connectivity index (χ1) is 25.1. The lowest BCUT2D eigenvalue weighted by molar-refractivity contribution is -0.348. The normalized spacial score (nSPS) is 53.9. The van der Waals surface area contributed by atoms with Gasteiger partial charge in [-0.15, -0.1) is 0 Å². The van der Waals surface area contributed by atoms with Crippen molar-refractivity contribution in [3.8, 4) is 0 Å². The fourth-order valence-corrected chi connectivity index (χ4v) is 7.18. The summed E-state index contributed by atoms with van der Waals surface area (Å²) < 4.78 is 46.1. The molecule has 53 heavy (non-hydrogen) atoms. The van der Waals surface area contributed by atoms with Crippen molar-refractivity contribution in [3.05, 3.63) is 0 Å². The standard InChI is InChI=1S/C29H55N5O19/c30-2-8-23(52-28-20(44)19(43)16(40)10(4-36)48-28)18(42)13(34)27(46-8)51-24-11(5-37)49-29(21(24)45)53-25-14(38)6(31)1-7(32)22(25)50-26-12(33)17(41)15(39)9(3-35)47-26/h6-29,35-45H,1-5,30-34H2/t6-,7+,8+,9-,10-,11-,12-,13-,14+,15-,16-,17-,18-,19+,20+,21-,22-,23-,24-,25-,26-,27-,28-,29+/m1/s1. The maximum absolute atomic E-state index is 11.4. The molecule has 24 heteroatoms. The van der Waals surface area contributed by atoms with Gasteiger partial charge in [0.2, 0.25) is 0 Å². The maximum atomic E-state index is 11.4. The molecule has 0 bridgehead atoms. The number of aliphatic hydroxyl groups excluding tert-OH is 11. The van der Waals surface area contributed by atoms with Crippen LogP contribution in [0.3, 0.4) is 0 Å². The second kappa shape index (κ2) is 18.1. The van der Waals surface area contributed by atoms with Gasteiger partial charge in [-0.25, -0.2) is 0 Å². The Morgan fingerprint density at radius 1 is 0.415 bits per heavy atom. The predicted molar refractivity (Wildman–Crippen MR) is 169 cm³/mol. The molecule has 0 aromatic rings. The lowest BCUT2D eigenvalue weighted by Crippen LogP contribution is -2.68. The summed E-state index contributed by atoms with van der Waals surface area (Å²) in [5.74, 6) is 0. The van der Waals surface area contributed by atoms with E-state index in [9.17, 15) is 56.2 Å². The Balaban J connectivity index is 1.27.